The van der Waals surface area contributed by atoms with Crippen LogP contribution in [0.3, 0.4) is 0 Å². The number of hydrogen-bond donors (Lipinski definition) is 2. The predicted molar refractivity (Wildman–Crippen MR) is 87.1 cm³/mol. The number of nitrogens with zero attached hydrogens (tertiary/aromatic N) is 2. The van der Waals surface area contributed by atoms with Gasteiger partial charge in [-0.05, 0) is 17.2 Å². The lowest BCUT2D eigenvalue weighted by Gasteiger charge is -2.24. The summed E-state index contributed by atoms with van der Waals surface area (Å²) in [7, 11) is 0. The first-order chi connectivity index (χ1) is 11.3. The lowest BCUT2D eigenvalue weighted by molar-refractivity contribution is -0.137. The lowest BCUT2D eigenvalue weighted by atomic mass is 10.1. The van der Waals surface area contributed by atoms with E-state index in [0.29, 0.717) is 31.7 Å². The molecule has 0 atom stereocenters. The van der Waals surface area contributed by atoms with E-state index >= 15 is 0 Å². The highest BCUT2D eigenvalue weighted by molar-refractivity contribution is 5.25. The highest BCUT2D eigenvalue weighted by atomic mass is 19.4. The summed E-state index contributed by atoms with van der Waals surface area (Å²) in [6.45, 7) is 1.93. The van der Waals surface area contributed by atoms with Gasteiger partial charge in [-0.1, -0.05) is 48.5 Å². The van der Waals surface area contributed by atoms with Crippen LogP contribution in [0.25, 0.3) is 0 Å². The molecule has 0 spiro atoms. The van der Waals surface area contributed by atoms with Gasteiger partial charge in [-0.15, -0.1) is 0 Å². The van der Waals surface area contributed by atoms with E-state index in [2.05, 4.69) is 0 Å². The smallest absolute Gasteiger partial charge is 0.293 e. The Morgan fingerprint density at radius 2 is 1.42 bits per heavy atom. The van der Waals surface area contributed by atoms with Crippen LogP contribution >= 0.6 is 0 Å². The second-order valence-corrected chi connectivity index (χ2v) is 5.63. The molecule has 0 saturated heterocycles. The van der Waals surface area contributed by atoms with Crippen molar-refractivity contribution in [3.63, 3.8) is 0 Å². The maximum absolute atomic E-state index is 12.9. The molecule has 2 aromatic carbocycles. The molecule has 24 heavy (non-hydrogen) atoms. The molecule has 0 aliphatic carbocycles. The maximum Gasteiger partial charge on any atom is 0.416 e. The third kappa shape index (κ3) is 5.93. The van der Waals surface area contributed by atoms with Crippen molar-refractivity contribution in [1.29, 1.82) is 0 Å². The van der Waals surface area contributed by atoms with Gasteiger partial charge in [0.2, 0.25) is 0 Å². The van der Waals surface area contributed by atoms with E-state index in [4.69, 9.17) is 11.7 Å². The third-order valence-electron chi connectivity index (χ3n) is 3.58. The van der Waals surface area contributed by atoms with Gasteiger partial charge in [0.1, 0.15) is 0 Å². The zero-order valence-corrected chi connectivity index (χ0v) is 13.2. The SMILES string of the molecule is NN(N)CCN(Cc1ccccc1)Cc1cccc(C(F)(F)F)c1. The van der Waals surface area contributed by atoms with Crippen LogP contribution in [-0.4, -0.2) is 23.1 Å². The summed E-state index contributed by atoms with van der Waals surface area (Å²) in [5.74, 6) is 10.9. The van der Waals surface area contributed by atoms with Crippen molar-refractivity contribution in [3.05, 3.63) is 71.3 Å². The molecule has 2 rings (SSSR count). The standard InChI is InChI=1S/C17H21F3N4/c18-17(19,20)16-8-4-7-15(11-16)13-23(9-10-24(21)22)12-14-5-2-1-3-6-14/h1-8,11H,9-10,12-13,21-22H2. The average Bonchev–Trinajstić information content (AvgIpc) is 2.53. The molecular formula is C17H21F3N4. The van der Waals surface area contributed by atoms with Crippen LogP contribution in [0, 0.1) is 0 Å². The molecule has 0 aliphatic rings. The molecule has 2 aromatic rings. The third-order valence-corrected chi connectivity index (χ3v) is 3.58. The van der Waals surface area contributed by atoms with Gasteiger partial charge < -0.3 is 0 Å². The Balaban J connectivity index is 2.12. The summed E-state index contributed by atoms with van der Waals surface area (Å²) in [6.07, 6.45) is -4.34. The molecule has 0 unspecified atom stereocenters. The molecule has 0 radical (unpaired) electrons. The van der Waals surface area contributed by atoms with Crippen molar-refractivity contribution in [2.75, 3.05) is 13.1 Å². The average molecular weight is 338 g/mol. The molecule has 0 aliphatic heterocycles. The number of rotatable bonds is 7. The quantitative estimate of drug-likeness (QED) is 0.602. The molecule has 0 heterocycles. The molecule has 0 saturated carbocycles. The van der Waals surface area contributed by atoms with Gasteiger partial charge in [0.25, 0.3) is 0 Å². The predicted octanol–water partition coefficient (Wildman–Crippen LogP) is 2.76. The molecule has 130 valence electrons. The van der Waals surface area contributed by atoms with E-state index < -0.39 is 11.7 Å². The minimum atomic E-state index is -4.34. The summed E-state index contributed by atoms with van der Waals surface area (Å²) in [5, 5.41) is 1.07. The highest BCUT2D eigenvalue weighted by Gasteiger charge is 2.30. The van der Waals surface area contributed by atoms with Gasteiger partial charge in [-0.3, -0.25) is 16.6 Å². The second-order valence-electron chi connectivity index (χ2n) is 5.63. The topological polar surface area (TPSA) is 58.5 Å². The number of hydrogen-bond acceptors (Lipinski definition) is 4. The Labute approximate surface area is 139 Å². The van der Waals surface area contributed by atoms with Crippen LogP contribution in [0.4, 0.5) is 13.2 Å². The number of halogens is 3. The molecule has 4 nitrogen and oxygen atoms in total. The van der Waals surface area contributed by atoms with Gasteiger partial charge in [-0.25, -0.2) is 0 Å². The highest BCUT2D eigenvalue weighted by Crippen LogP contribution is 2.29. The Kier molecular flexibility index (Phi) is 6.33. The summed E-state index contributed by atoms with van der Waals surface area (Å²) >= 11 is 0. The first-order valence-corrected chi connectivity index (χ1v) is 7.54. The molecule has 0 aromatic heterocycles. The maximum atomic E-state index is 12.9. The normalized spacial score (nSPS) is 12.1. The molecule has 4 N–H and O–H groups in total. The van der Waals surface area contributed by atoms with Gasteiger partial charge in [-0.2, -0.15) is 18.3 Å². The monoisotopic (exact) mass is 338 g/mol. The van der Waals surface area contributed by atoms with Crippen LogP contribution in [0.5, 0.6) is 0 Å². The van der Waals surface area contributed by atoms with Crippen molar-refractivity contribution in [3.8, 4) is 0 Å². The van der Waals surface area contributed by atoms with E-state index in [0.717, 1.165) is 16.7 Å². The molecule has 0 amide bonds. The minimum Gasteiger partial charge on any atom is -0.293 e. The van der Waals surface area contributed by atoms with Crippen LogP contribution in [0.1, 0.15) is 16.7 Å². The van der Waals surface area contributed by atoms with E-state index in [1.54, 1.807) is 6.07 Å². The number of hydrazine groups is 2. The van der Waals surface area contributed by atoms with Gasteiger partial charge >= 0.3 is 6.18 Å². The van der Waals surface area contributed by atoms with Crippen molar-refractivity contribution in [1.82, 2.24) is 10.0 Å². The first kappa shape index (κ1) is 18.4. The van der Waals surface area contributed by atoms with Gasteiger partial charge in [0.15, 0.2) is 0 Å². The van der Waals surface area contributed by atoms with E-state index in [9.17, 15) is 13.2 Å². The van der Waals surface area contributed by atoms with Gasteiger partial charge in [0, 0.05) is 26.2 Å². The van der Waals surface area contributed by atoms with Crippen LogP contribution in [0.2, 0.25) is 0 Å². The fraction of sp³-hybridized carbons (Fsp3) is 0.294. The summed E-state index contributed by atoms with van der Waals surface area (Å²) < 4.78 is 38.6. The Morgan fingerprint density at radius 1 is 0.792 bits per heavy atom. The zero-order chi connectivity index (χ0) is 17.6. The minimum absolute atomic E-state index is 0.382. The molecule has 0 bridgehead atoms. The molecular weight excluding hydrogens is 317 g/mol. The Morgan fingerprint density at radius 3 is 2.04 bits per heavy atom. The fourth-order valence-corrected chi connectivity index (χ4v) is 2.42. The lowest BCUT2D eigenvalue weighted by Crippen LogP contribution is -2.43. The van der Waals surface area contributed by atoms with Crippen molar-refractivity contribution in [2.24, 2.45) is 11.7 Å². The Hall–Kier alpha value is -1.93. The summed E-state index contributed by atoms with van der Waals surface area (Å²) in [6, 6.07) is 15.1. The summed E-state index contributed by atoms with van der Waals surface area (Å²) in [5.41, 5.74) is 1.03. The molecule has 0 fully saturated rings. The van der Waals surface area contributed by atoms with Crippen molar-refractivity contribution >= 4 is 0 Å². The van der Waals surface area contributed by atoms with Crippen LogP contribution in [-0.2, 0) is 19.3 Å². The zero-order valence-electron chi connectivity index (χ0n) is 13.2. The fourth-order valence-electron chi connectivity index (χ4n) is 2.42. The van der Waals surface area contributed by atoms with Crippen molar-refractivity contribution in [2.45, 2.75) is 19.3 Å². The van der Waals surface area contributed by atoms with Crippen LogP contribution < -0.4 is 11.7 Å². The Bertz CT molecular complexity index is 629. The van der Waals surface area contributed by atoms with E-state index in [1.807, 2.05) is 35.2 Å². The number of alkyl halides is 3. The van der Waals surface area contributed by atoms with Crippen LogP contribution in [0.15, 0.2) is 54.6 Å². The summed E-state index contributed by atoms with van der Waals surface area (Å²) in [4.78, 5) is 2.01. The second kappa shape index (κ2) is 8.25. The number of benzene rings is 2. The van der Waals surface area contributed by atoms with Crippen molar-refractivity contribution < 1.29 is 13.2 Å². The van der Waals surface area contributed by atoms with E-state index in [-0.39, 0.29) is 0 Å². The first-order valence-electron chi connectivity index (χ1n) is 7.54. The van der Waals surface area contributed by atoms with Gasteiger partial charge in [0.05, 0.1) is 5.56 Å². The number of nitrogens with two attached hydrogens (primary N) is 2. The largest absolute Gasteiger partial charge is 0.416 e. The molecule has 7 heteroatoms. The van der Waals surface area contributed by atoms with E-state index in [1.165, 1.54) is 12.1 Å².